The molecule has 3 heteroatoms. The van der Waals surface area contributed by atoms with E-state index >= 15 is 0 Å². The number of benzene rings is 1. The second kappa shape index (κ2) is 6.55. The van der Waals surface area contributed by atoms with Crippen molar-refractivity contribution in [3.63, 3.8) is 0 Å². The normalized spacial score (nSPS) is 42.6. The predicted octanol–water partition coefficient (Wildman–Crippen LogP) is 5.85. The monoisotopic (exact) mass is 393 g/mol. The number of carbonyl (C=O) groups excluding carboxylic acids is 1. The van der Waals surface area contributed by atoms with Gasteiger partial charge in [-0.05, 0) is 84.6 Å². The fourth-order valence-corrected chi connectivity index (χ4v) is 7.65. The summed E-state index contributed by atoms with van der Waals surface area (Å²) < 4.78 is 13.9. The minimum Gasteiger partial charge on any atom is -0.335 e. The molecule has 0 aromatic heterocycles. The van der Waals surface area contributed by atoms with E-state index in [0.717, 1.165) is 17.9 Å². The molecule has 0 radical (unpaired) electrons. The fraction of sp³-hybridized carbons (Fsp3) is 0.577. The van der Waals surface area contributed by atoms with E-state index in [1.165, 1.54) is 43.7 Å². The van der Waals surface area contributed by atoms with E-state index in [0.29, 0.717) is 17.3 Å². The van der Waals surface area contributed by atoms with Crippen molar-refractivity contribution in [3.8, 4) is 0 Å². The Morgan fingerprint density at radius 1 is 1.17 bits per heavy atom. The lowest BCUT2D eigenvalue weighted by Crippen LogP contribution is -2.60. The van der Waals surface area contributed by atoms with Gasteiger partial charge in [0.2, 0.25) is 5.91 Å². The van der Waals surface area contributed by atoms with Gasteiger partial charge in [-0.1, -0.05) is 44.6 Å². The third kappa shape index (κ3) is 2.84. The van der Waals surface area contributed by atoms with E-state index in [1.807, 2.05) is 18.0 Å². The van der Waals surface area contributed by atoms with Gasteiger partial charge in [-0.2, -0.15) is 0 Å². The summed E-state index contributed by atoms with van der Waals surface area (Å²) >= 11 is 0. The summed E-state index contributed by atoms with van der Waals surface area (Å²) in [5.41, 5.74) is 2.64. The van der Waals surface area contributed by atoms with Crippen molar-refractivity contribution in [2.75, 3.05) is 7.05 Å². The van der Waals surface area contributed by atoms with Crippen LogP contribution in [0.2, 0.25) is 0 Å². The molecule has 1 heterocycles. The molecule has 3 fully saturated rings. The quantitative estimate of drug-likeness (QED) is 0.586. The first kappa shape index (κ1) is 19.1. The van der Waals surface area contributed by atoms with Gasteiger partial charge in [-0.25, -0.2) is 4.39 Å². The molecule has 1 amide bonds. The second-order valence-electron chi connectivity index (χ2n) is 10.5. The molecule has 1 aromatic carbocycles. The van der Waals surface area contributed by atoms with Crippen LogP contribution in [0.1, 0.15) is 57.9 Å². The fourth-order valence-electron chi connectivity index (χ4n) is 7.65. The van der Waals surface area contributed by atoms with Crippen LogP contribution < -0.4 is 0 Å². The van der Waals surface area contributed by atoms with Crippen LogP contribution in [-0.2, 0) is 4.79 Å². The number of halogens is 1. The Hall–Kier alpha value is -1.90. The van der Waals surface area contributed by atoms with Crippen LogP contribution in [0.25, 0.3) is 6.08 Å². The second-order valence-corrected chi connectivity index (χ2v) is 10.5. The van der Waals surface area contributed by atoms with Crippen molar-refractivity contribution in [2.45, 2.75) is 58.4 Å². The molecule has 5 rings (SSSR count). The van der Waals surface area contributed by atoms with Gasteiger partial charge in [0.1, 0.15) is 5.82 Å². The Balaban J connectivity index is 1.63. The molecule has 3 aliphatic carbocycles. The van der Waals surface area contributed by atoms with Crippen LogP contribution in [0.15, 0.2) is 42.0 Å². The summed E-state index contributed by atoms with van der Waals surface area (Å²) in [5, 5.41) is 0. The Morgan fingerprint density at radius 2 is 2.00 bits per heavy atom. The van der Waals surface area contributed by atoms with Gasteiger partial charge in [0, 0.05) is 12.5 Å². The number of amides is 1. The molecule has 1 aromatic rings. The van der Waals surface area contributed by atoms with Gasteiger partial charge in [0.15, 0.2) is 0 Å². The van der Waals surface area contributed by atoms with E-state index in [1.54, 1.807) is 18.2 Å². The van der Waals surface area contributed by atoms with Crippen molar-refractivity contribution in [1.82, 2.24) is 4.90 Å². The van der Waals surface area contributed by atoms with Crippen molar-refractivity contribution >= 4 is 12.0 Å². The first-order chi connectivity index (χ1) is 13.8. The molecular weight excluding hydrogens is 361 g/mol. The van der Waals surface area contributed by atoms with Crippen molar-refractivity contribution in [1.29, 1.82) is 0 Å². The van der Waals surface area contributed by atoms with Crippen molar-refractivity contribution in [2.24, 2.45) is 28.6 Å². The molecule has 29 heavy (non-hydrogen) atoms. The Labute approximate surface area is 173 Å². The van der Waals surface area contributed by atoms with Crippen LogP contribution >= 0.6 is 0 Å². The average Bonchev–Trinajstić information content (AvgIpc) is 3.07. The smallest absolute Gasteiger partial charge is 0.246 e. The summed E-state index contributed by atoms with van der Waals surface area (Å²) in [6.45, 7) is 4.88. The maximum Gasteiger partial charge on any atom is 0.246 e. The largest absolute Gasteiger partial charge is 0.335 e. The molecule has 3 saturated carbocycles. The summed E-state index contributed by atoms with van der Waals surface area (Å²) in [4.78, 5) is 14.5. The third-order valence-electron chi connectivity index (χ3n) is 8.95. The molecule has 0 bridgehead atoms. The molecule has 6 atom stereocenters. The van der Waals surface area contributed by atoms with E-state index in [-0.39, 0.29) is 23.2 Å². The van der Waals surface area contributed by atoms with Crippen LogP contribution in [-0.4, -0.2) is 23.9 Å². The topological polar surface area (TPSA) is 20.3 Å². The van der Waals surface area contributed by atoms with Crippen LogP contribution in [0.3, 0.4) is 0 Å². The number of fused-ring (bicyclic) bond motifs is 5. The molecule has 0 saturated heterocycles. The van der Waals surface area contributed by atoms with Gasteiger partial charge in [0.25, 0.3) is 0 Å². The summed E-state index contributed by atoms with van der Waals surface area (Å²) in [7, 11) is 1.94. The molecule has 154 valence electrons. The lowest BCUT2D eigenvalue weighted by Gasteiger charge is -2.60. The highest BCUT2D eigenvalue weighted by atomic mass is 19.1. The summed E-state index contributed by atoms with van der Waals surface area (Å²) in [6, 6.07) is 6.91. The molecule has 0 spiro atoms. The molecule has 0 unspecified atom stereocenters. The van der Waals surface area contributed by atoms with Crippen LogP contribution in [0.4, 0.5) is 4.39 Å². The highest BCUT2D eigenvalue weighted by Gasteiger charge is 2.59. The zero-order valence-corrected chi connectivity index (χ0v) is 17.8. The number of hydrogen-bond acceptors (Lipinski definition) is 1. The van der Waals surface area contributed by atoms with Crippen LogP contribution in [0.5, 0.6) is 0 Å². The first-order valence-electron chi connectivity index (χ1n) is 11.2. The van der Waals surface area contributed by atoms with Gasteiger partial charge in [-0.3, -0.25) is 4.79 Å². The minimum atomic E-state index is -0.204. The zero-order valence-electron chi connectivity index (χ0n) is 17.8. The Kier molecular flexibility index (Phi) is 4.31. The molecule has 4 aliphatic rings. The maximum atomic E-state index is 13.9. The standard InChI is InChI=1S/C26H32FNO/c1-25-11-5-8-21(25)20-16-18(14-17-6-4-7-19(27)15-17)24-26(2,22(20)9-12-25)13-10-23(29)28(24)3/h4,6-7,10,13-15,20-22,24H,5,8-9,11-12,16H2,1-3H3/t20-,21-,22-,24+,25-,26+/m0/s1. The molecular formula is C26H32FNO. The highest BCUT2D eigenvalue weighted by Crippen LogP contribution is 2.64. The summed E-state index contributed by atoms with van der Waals surface area (Å²) in [5.74, 6) is 1.91. The van der Waals surface area contributed by atoms with Gasteiger partial charge < -0.3 is 4.90 Å². The van der Waals surface area contributed by atoms with Crippen molar-refractivity contribution < 1.29 is 9.18 Å². The van der Waals surface area contributed by atoms with E-state index in [2.05, 4.69) is 26.0 Å². The highest BCUT2D eigenvalue weighted by molar-refractivity contribution is 5.89. The lowest BCUT2D eigenvalue weighted by molar-refractivity contribution is -0.133. The SMILES string of the molecule is CN1C(=O)C=C[C@]2(C)[C@H]3CC[C@]4(C)CCC[C@H]4[C@@H]3CC(=Cc3cccc(F)c3)[C@@H]12. The Bertz CT molecular complexity index is 904. The number of nitrogens with zero attached hydrogens (tertiary/aromatic N) is 1. The zero-order chi connectivity index (χ0) is 20.4. The third-order valence-corrected chi connectivity index (χ3v) is 8.95. The lowest BCUT2D eigenvalue weighted by atomic mass is 9.47. The van der Waals surface area contributed by atoms with E-state index in [4.69, 9.17) is 0 Å². The molecule has 1 aliphatic heterocycles. The average molecular weight is 394 g/mol. The molecule has 0 N–H and O–H groups in total. The number of likely N-dealkylation sites (N-methyl/N-ethyl adjacent to an activating group) is 1. The number of rotatable bonds is 1. The van der Waals surface area contributed by atoms with Gasteiger partial charge in [-0.15, -0.1) is 0 Å². The van der Waals surface area contributed by atoms with Crippen LogP contribution in [0, 0.1) is 34.4 Å². The van der Waals surface area contributed by atoms with Crippen molar-refractivity contribution in [3.05, 3.63) is 53.4 Å². The van der Waals surface area contributed by atoms with Gasteiger partial charge in [0.05, 0.1) is 6.04 Å². The predicted molar refractivity (Wildman–Crippen MR) is 114 cm³/mol. The Morgan fingerprint density at radius 3 is 2.79 bits per heavy atom. The van der Waals surface area contributed by atoms with E-state index < -0.39 is 0 Å². The van der Waals surface area contributed by atoms with E-state index in [9.17, 15) is 9.18 Å². The maximum absolute atomic E-state index is 13.9. The molecule has 2 nitrogen and oxygen atoms in total. The number of hydrogen-bond donors (Lipinski definition) is 0. The minimum absolute atomic E-state index is 0.0470. The number of carbonyl (C=O) groups is 1. The van der Waals surface area contributed by atoms with Gasteiger partial charge >= 0.3 is 0 Å². The first-order valence-corrected chi connectivity index (χ1v) is 11.2. The summed E-state index contributed by atoms with van der Waals surface area (Å²) in [6.07, 6.45) is 13.8.